The molecule has 0 aliphatic heterocycles. The van der Waals surface area contributed by atoms with Gasteiger partial charge in [-0.05, 0) is 41.1 Å². The van der Waals surface area contributed by atoms with Crippen LogP contribution in [0, 0.1) is 12.7 Å². The summed E-state index contributed by atoms with van der Waals surface area (Å²) in [5.74, 6) is 1.04. The van der Waals surface area contributed by atoms with Crippen LogP contribution in [0.25, 0.3) is 0 Å². The first kappa shape index (κ1) is 12.8. The van der Waals surface area contributed by atoms with Gasteiger partial charge in [0.05, 0.1) is 4.47 Å². The number of hydrogen-bond acceptors (Lipinski definition) is 4. The van der Waals surface area contributed by atoms with Gasteiger partial charge in [0.15, 0.2) is 0 Å². The second-order valence-electron chi connectivity index (χ2n) is 3.60. The molecule has 0 aliphatic rings. The zero-order valence-electron chi connectivity index (χ0n) is 9.87. The number of hydrogen-bond donors (Lipinski definition) is 1. The maximum Gasteiger partial charge on any atom is 0.225 e. The molecule has 0 fully saturated rings. The molecule has 6 heteroatoms. The molecule has 1 aromatic carbocycles. The minimum Gasteiger partial charge on any atom is -0.438 e. The van der Waals surface area contributed by atoms with Gasteiger partial charge in [-0.3, -0.25) is 0 Å². The first-order chi connectivity index (χ1) is 8.58. The third-order valence-electron chi connectivity index (χ3n) is 2.16. The van der Waals surface area contributed by atoms with E-state index in [2.05, 4.69) is 31.2 Å². The van der Waals surface area contributed by atoms with Gasteiger partial charge < -0.3 is 10.1 Å². The molecule has 0 unspecified atom stereocenters. The minimum atomic E-state index is -0.330. The molecule has 1 heterocycles. The highest BCUT2D eigenvalue weighted by Gasteiger charge is 2.07. The number of ether oxygens (including phenoxy) is 1. The standard InChI is InChI=1S/C12H11BrFN3O/c1-7-5-11(17-12(15-2)16-7)18-10-4-3-8(14)6-9(10)13/h3-6H,1-2H3,(H,15,16,17). The first-order valence-electron chi connectivity index (χ1n) is 5.25. The Morgan fingerprint density at radius 2 is 2.06 bits per heavy atom. The summed E-state index contributed by atoms with van der Waals surface area (Å²) in [7, 11) is 1.73. The molecule has 2 rings (SSSR count). The fourth-order valence-corrected chi connectivity index (χ4v) is 1.81. The fourth-order valence-electron chi connectivity index (χ4n) is 1.37. The molecule has 0 atom stereocenters. The topological polar surface area (TPSA) is 47.0 Å². The molecule has 0 aliphatic carbocycles. The summed E-state index contributed by atoms with van der Waals surface area (Å²) >= 11 is 3.23. The normalized spacial score (nSPS) is 10.2. The Balaban J connectivity index is 2.30. The number of anilines is 1. The van der Waals surface area contributed by atoms with Crippen molar-refractivity contribution in [3.63, 3.8) is 0 Å². The Hall–Kier alpha value is -1.69. The van der Waals surface area contributed by atoms with Crippen LogP contribution in [0.1, 0.15) is 5.69 Å². The van der Waals surface area contributed by atoms with E-state index >= 15 is 0 Å². The lowest BCUT2D eigenvalue weighted by atomic mass is 10.3. The molecule has 0 spiro atoms. The molecule has 1 aromatic heterocycles. The summed E-state index contributed by atoms with van der Waals surface area (Å²) in [5, 5.41) is 2.84. The van der Waals surface area contributed by atoms with Crippen molar-refractivity contribution in [3.05, 3.63) is 40.2 Å². The lowest BCUT2D eigenvalue weighted by Crippen LogP contribution is -1.99. The zero-order chi connectivity index (χ0) is 13.1. The van der Waals surface area contributed by atoms with Crippen molar-refractivity contribution >= 4 is 21.9 Å². The Morgan fingerprint density at radius 3 is 2.72 bits per heavy atom. The number of nitrogens with zero attached hydrogens (tertiary/aromatic N) is 2. The van der Waals surface area contributed by atoms with Crippen molar-refractivity contribution in [2.75, 3.05) is 12.4 Å². The van der Waals surface area contributed by atoms with Crippen LogP contribution in [-0.2, 0) is 0 Å². The van der Waals surface area contributed by atoms with E-state index in [1.807, 2.05) is 6.92 Å². The molecule has 0 saturated carbocycles. The van der Waals surface area contributed by atoms with E-state index in [4.69, 9.17) is 4.74 Å². The Labute approximate surface area is 112 Å². The van der Waals surface area contributed by atoms with Gasteiger partial charge >= 0.3 is 0 Å². The molecule has 0 radical (unpaired) electrons. The molecule has 18 heavy (non-hydrogen) atoms. The molecule has 0 bridgehead atoms. The van der Waals surface area contributed by atoms with Crippen LogP contribution in [0.3, 0.4) is 0 Å². The van der Waals surface area contributed by atoms with Crippen LogP contribution >= 0.6 is 15.9 Å². The summed E-state index contributed by atoms with van der Waals surface area (Å²) in [6.07, 6.45) is 0. The molecule has 94 valence electrons. The lowest BCUT2D eigenvalue weighted by molar-refractivity contribution is 0.457. The van der Waals surface area contributed by atoms with E-state index in [1.165, 1.54) is 18.2 Å². The van der Waals surface area contributed by atoms with Gasteiger partial charge in [-0.15, -0.1) is 0 Å². The number of rotatable bonds is 3. The van der Waals surface area contributed by atoms with Crippen LogP contribution in [0.4, 0.5) is 10.3 Å². The smallest absolute Gasteiger partial charge is 0.225 e. The Bertz CT molecular complexity index is 577. The van der Waals surface area contributed by atoms with Gasteiger partial charge in [0.1, 0.15) is 11.6 Å². The van der Waals surface area contributed by atoms with E-state index in [-0.39, 0.29) is 5.82 Å². The number of benzene rings is 1. The molecule has 0 amide bonds. The average molecular weight is 312 g/mol. The maximum atomic E-state index is 12.9. The Kier molecular flexibility index (Phi) is 3.76. The van der Waals surface area contributed by atoms with Crippen molar-refractivity contribution in [2.24, 2.45) is 0 Å². The number of aryl methyl sites for hydroxylation is 1. The van der Waals surface area contributed by atoms with Gasteiger partial charge in [0.25, 0.3) is 0 Å². The van der Waals surface area contributed by atoms with Crippen molar-refractivity contribution < 1.29 is 9.13 Å². The third-order valence-corrected chi connectivity index (χ3v) is 2.78. The molecule has 1 N–H and O–H groups in total. The molecular weight excluding hydrogens is 301 g/mol. The van der Waals surface area contributed by atoms with E-state index in [0.29, 0.717) is 22.1 Å². The summed E-state index contributed by atoms with van der Waals surface area (Å²) in [6.45, 7) is 1.84. The first-order valence-corrected chi connectivity index (χ1v) is 6.04. The predicted octanol–water partition coefficient (Wildman–Crippen LogP) is 3.52. The van der Waals surface area contributed by atoms with Gasteiger partial charge in [-0.2, -0.15) is 4.98 Å². The second kappa shape index (κ2) is 5.30. The third kappa shape index (κ3) is 2.95. The summed E-state index contributed by atoms with van der Waals surface area (Å²) in [5.41, 5.74) is 0.780. The van der Waals surface area contributed by atoms with Crippen molar-refractivity contribution in [3.8, 4) is 11.6 Å². The largest absolute Gasteiger partial charge is 0.438 e. The maximum absolute atomic E-state index is 12.9. The number of halogens is 2. The number of nitrogens with one attached hydrogen (secondary N) is 1. The zero-order valence-corrected chi connectivity index (χ0v) is 11.5. The van der Waals surface area contributed by atoms with E-state index in [1.54, 1.807) is 13.1 Å². The lowest BCUT2D eigenvalue weighted by Gasteiger charge is -2.08. The van der Waals surface area contributed by atoms with Crippen LogP contribution in [0.15, 0.2) is 28.7 Å². The van der Waals surface area contributed by atoms with Crippen molar-refractivity contribution in [2.45, 2.75) is 6.92 Å². The van der Waals surface area contributed by atoms with E-state index in [9.17, 15) is 4.39 Å². The molecular formula is C12H11BrFN3O. The highest BCUT2D eigenvalue weighted by Crippen LogP contribution is 2.29. The van der Waals surface area contributed by atoms with Crippen LogP contribution in [-0.4, -0.2) is 17.0 Å². The SMILES string of the molecule is CNc1nc(C)cc(Oc2ccc(F)cc2Br)n1. The van der Waals surface area contributed by atoms with E-state index in [0.717, 1.165) is 5.69 Å². The molecule has 4 nitrogen and oxygen atoms in total. The monoisotopic (exact) mass is 311 g/mol. The minimum absolute atomic E-state index is 0.330. The summed E-state index contributed by atoms with van der Waals surface area (Å²) < 4.78 is 19.1. The van der Waals surface area contributed by atoms with Crippen LogP contribution in [0.5, 0.6) is 11.6 Å². The van der Waals surface area contributed by atoms with Gasteiger partial charge in [0.2, 0.25) is 11.8 Å². The van der Waals surface area contributed by atoms with Crippen LogP contribution in [0.2, 0.25) is 0 Å². The summed E-state index contributed by atoms with van der Waals surface area (Å²) in [4.78, 5) is 8.31. The molecule has 2 aromatic rings. The summed E-state index contributed by atoms with van der Waals surface area (Å²) in [6, 6.07) is 5.90. The second-order valence-corrected chi connectivity index (χ2v) is 4.45. The highest BCUT2D eigenvalue weighted by atomic mass is 79.9. The quantitative estimate of drug-likeness (QED) is 0.942. The van der Waals surface area contributed by atoms with Crippen molar-refractivity contribution in [1.82, 2.24) is 9.97 Å². The Morgan fingerprint density at radius 1 is 1.28 bits per heavy atom. The molecule has 0 saturated heterocycles. The van der Waals surface area contributed by atoms with E-state index < -0.39 is 0 Å². The fraction of sp³-hybridized carbons (Fsp3) is 0.167. The average Bonchev–Trinajstić information content (AvgIpc) is 2.32. The number of aromatic nitrogens is 2. The van der Waals surface area contributed by atoms with Gasteiger partial charge in [-0.1, -0.05) is 0 Å². The van der Waals surface area contributed by atoms with Crippen LogP contribution < -0.4 is 10.1 Å². The van der Waals surface area contributed by atoms with Gasteiger partial charge in [0, 0.05) is 18.8 Å². The van der Waals surface area contributed by atoms with Gasteiger partial charge in [-0.25, -0.2) is 9.37 Å². The van der Waals surface area contributed by atoms with Crippen molar-refractivity contribution in [1.29, 1.82) is 0 Å². The predicted molar refractivity (Wildman–Crippen MR) is 70.5 cm³/mol. The highest BCUT2D eigenvalue weighted by molar-refractivity contribution is 9.10.